The summed E-state index contributed by atoms with van der Waals surface area (Å²) in [6.07, 6.45) is 0. The Balaban J connectivity index is 1.97. The molecule has 2 rings (SSSR count). The lowest BCUT2D eigenvalue weighted by molar-refractivity contribution is -0.885. The van der Waals surface area contributed by atoms with E-state index < -0.39 is 6.61 Å². The van der Waals surface area contributed by atoms with Crippen LogP contribution >= 0.6 is 0 Å². The first kappa shape index (κ1) is 20.6. The van der Waals surface area contributed by atoms with Crippen LogP contribution in [0.2, 0.25) is 0 Å². The molecule has 0 heterocycles. The van der Waals surface area contributed by atoms with Gasteiger partial charge in [0, 0.05) is 11.3 Å². The first-order valence-electron chi connectivity index (χ1n) is 8.59. The van der Waals surface area contributed by atoms with Crippen molar-refractivity contribution in [3.63, 3.8) is 0 Å². The third-order valence-electron chi connectivity index (χ3n) is 4.29. The Morgan fingerprint density at radius 1 is 1.19 bits per heavy atom. The van der Waals surface area contributed by atoms with Gasteiger partial charge < -0.3 is 19.7 Å². The fourth-order valence-electron chi connectivity index (χ4n) is 2.78. The quantitative estimate of drug-likeness (QED) is 0.741. The molecule has 0 aromatic heterocycles. The number of hydrogen-bond acceptors (Lipinski definition) is 3. The van der Waals surface area contributed by atoms with Crippen molar-refractivity contribution in [1.82, 2.24) is 0 Å². The molecule has 0 spiro atoms. The van der Waals surface area contributed by atoms with Crippen LogP contribution in [-0.2, 0) is 11.3 Å². The Morgan fingerprint density at radius 3 is 2.59 bits per heavy atom. The molecule has 5 nitrogen and oxygen atoms in total. The number of hydrogen-bond donors (Lipinski definition) is 2. The fraction of sp³-hybridized carbons (Fsp3) is 0.350. The van der Waals surface area contributed by atoms with E-state index in [0.717, 1.165) is 27.3 Å². The van der Waals surface area contributed by atoms with Crippen LogP contribution in [0.4, 0.5) is 14.5 Å². The summed E-state index contributed by atoms with van der Waals surface area (Å²) >= 11 is 0. The van der Waals surface area contributed by atoms with Gasteiger partial charge in [-0.2, -0.15) is 8.78 Å². The monoisotopic (exact) mass is 379 g/mol. The van der Waals surface area contributed by atoms with Gasteiger partial charge in [0.2, 0.25) is 0 Å². The predicted octanol–water partition coefficient (Wildman–Crippen LogP) is 2.57. The summed E-state index contributed by atoms with van der Waals surface area (Å²) in [5.74, 6) is 0.132. The van der Waals surface area contributed by atoms with E-state index in [4.69, 9.17) is 4.74 Å². The topological polar surface area (TPSA) is 52.0 Å². The highest BCUT2D eigenvalue weighted by Gasteiger charge is 2.15. The summed E-state index contributed by atoms with van der Waals surface area (Å²) in [5, 5.41) is 2.93. The minimum Gasteiger partial charge on any atom is -0.493 e. The standard InChI is InChI=1S/C20H24F2N2O3/c1-13-6-5-7-16(14(13)2)23-19(25)12-24(3)11-15-8-9-17(27-20(21)22)18(10-15)26-4/h5-10,20H,11-12H2,1-4H3,(H,23,25)/p+1. The van der Waals surface area contributed by atoms with Gasteiger partial charge in [-0.1, -0.05) is 12.1 Å². The average molecular weight is 379 g/mol. The summed E-state index contributed by atoms with van der Waals surface area (Å²) in [4.78, 5) is 13.3. The van der Waals surface area contributed by atoms with E-state index in [0.29, 0.717) is 6.54 Å². The van der Waals surface area contributed by atoms with Crippen molar-refractivity contribution < 1.29 is 27.9 Å². The molecule has 0 radical (unpaired) electrons. The lowest BCUT2D eigenvalue weighted by Gasteiger charge is -2.16. The van der Waals surface area contributed by atoms with Crippen LogP contribution in [0.1, 0.15) is 16.7 Å². The van der Waals surface area contributed by atoms with Gasteiger partial charge >= 0.3 is 6.61 Å². The lowest BCUT2D eigenvalue weighted by atomic mass is 10.1. The highest BCUT2D eigenvalue weighted by molar-refractivity contribution is 5.92. The van der Waals surface area contributed by atoms with Crippen molar-refractivity contribution in [2.75, 3.05) is 26.0 Å². The van der Waals surface area contributed by atoms with Gasteiger partial charge in [-0.15, -0.1) is 0 Å². The maximum atomic E-state index is 12.4. The molecule has 0 aliphatic rings. The molecule has 1 atom stereocenters. The van der Waals surface area contributed by atoms with Crippen LogP contribution in [0.15, 0.2) is 36.4 Å². The molecule has 146 valence electrons. The molecule has 0 aliphatic carbocycles. The van der Waals surface area contributed by atoms with Gasteiger partial charge in [0.15, 0.2) is 18.0 Å². The zero-order chi connectivity index (χ0) is 20.0. The first-order chi connectivity index (χ1) is 12.8. The third-order valence-corrected chi connectivity index (χ3v) is 4.29. The van der Waals surface area contributed by atoms with E-state index in [1.807, 2.05) is 39.1 Å². The number of likely N-dealkylation sites (N-methyl/N-ethyl adjacent to an activating group) is 1. The van der Waals surface area contributed by atoms with E-state index in [1.54, 1.807) is 12.1 Å². The minimum absolute atomic E-state index is 0.0124. The zero-order valence-corrected chi connectivity index (χ0v) is 15.9. The largest absolute Gasteiger partial charge is 0.493 e. The Morgan fingerprint density at radius 2 is 1.93 bits per heavy atom. The number of rotatable bonds is 8. The number of methoxy groups -OCH3 is 1. The molecule has 0 saturated carbocycles. The normalized spacial score (nSPS) is 12.0. The van der Waals surface area contributed by atoms with Gasteiger partial charge in [0.25, 0.3) is 5.91 Å². The van der Waals surface area contributed by atoms with Gasteiger partial charge in [0.05, 0.1) is 14.2 Å². The molecule has 0 aliphatic heterocycles. The van der Waals surface area contributed by atoms with E-state index >= 15 is 0 Å². The highest BCUT2D eigenvalue weighted by Crippen LogP contribution is 2.29. The molecule has 1 unspecified atom stereocenters. The Hall–Kier alpha value is -2.67. The molecule has 2 aromatic rings. The molecule has 0 fully saturated rings. The van der Waals surface area contributed by atoms with Crippen LogP contribution in [0.5, 0.6) is 11.5 Å². The van der Waals surface area contributed by atoms with Crippen LogP contribution in [0, 0.1) is 13.8 Å². The second-order valence-electron chi connectivity index (χ2n) is 6.47. The highest BCUT2D eigenvalue weighted by atomic mass is 19.3. The molecule has 2 aromatic carbocycles. The average Bonchev–Trinajstić information content (AvgIpc) is 2.59. The molecule has 0 bridgehead atoms. The van der Waals surface area contributed by atoms with Crippen molar-refractivity contribution >= 4 is 11.6 Å². The molecular formula is C20H25F2N2O3+. The molecule has 0 saturated heterocycles. The van der Waals surface area contributed by atoms with Gasteiger partial charge in [-0.25, -0.2) is 0 Å². The minimum atomic E-state index is -2.91. The number of anilines is 1. The number of ether oxygens (including phenoxy) is 2. The summed E-state index contributed by atoms with van der Waals surface area (Å²) in [7, 11) is 3.28. The number of halogens is 2. The summed E-state index contributed by atoms with van der Waals surface area (Å²) in [6, 6.07) is 10.6. The number of aryl methyl sites for hydroxylation is 1. The molecule has 7 heteroatoms. The summed E-state index contributed by atoms with van der Waals surface area (Å²) in [6.45, 7) is 1.86. The van der Waals surface area contributed by atoms with E-state index in [1.165, 1.54) is 13.2 Å². The molecule has 2 N–H and O–H groups in total. The number of amides is 1. The first-order valence-corrected chi connectivity index (χ1v) is 8.59. The number of quaternary nitrogens is 1. The van der Waals surface area contributed by atoms with Crippen LogP contribution < -0.4 is 19.7 Å². The molecular weight excluding hydrogens is 354 g/mol. The number of carbonyl (C=O) groups excluding carboxylic acids is 1. The van der Waals surface area contributed by atoms with Crippen molar-refractivity contribution in [1.29, 1.82) is 0 Å². The second kappa shape index (κ2) is 9.32. The number of benzene rings is 2. The van der Waals surface area contributed by atoms with E-state index in [2.05, 4.69) is 10.1 Å². The predicted molar refractivity (Wildman–Crippen MR) is 99.6 cm³/mol. The smallest absolute Gasteiger partial charge is 0.387 e. The third kappa shape index (κ3) is 5.92. The van der Waals surface area contributed by atoms with Gasteiger partial charge in [-0.05, 0) is 49.2 Å². The number of alkyl halides is 2. The van der Waals surface area contributed by atoms with Crippen LogP contribution in [0.25, 0.3) is 0 Å². The van der Waals surface area contributed by atoms with E-state index in [-0.39, 0.29) is 24.0 Å². The second-order valence-corrected chi connectivity index (χ2v) is 6.47. The van der Waals surface area contributed by atoms with Gasteiger partial charge in [-0.3, -0.25) is 4.79 Å². The fourth-order valence-corrected chi connectivity index (χ4v) is 2.78. The zero-order valence-electron chi connectivity index (χ0n) is 15.9. The van der Waals surface area contributed by atoms with Gasteiger partial charge in [0.1, 0.15) is 6.54 Å². The SMILES string of the molecule is COc1cc(C[NH+](C)CC(=O)Nc2cccc(C)c2C)ccc1OC(F)F. The molecule has 1 amide bonds. The lowest BCUT2D eigenvalue weighted by Crippen LogP contribution is -3.08. The Labute approximate surface area is 157 Å². The molecule has 27 heavy (non-hydrogen) atoms. The number of nitrogens with one attached hydrogen (secondary N) is 2. The van der Waals surface area contributed by atoms with E-state index in [9.17, 15) is 13.6 Å². The van der Waals surface area contributed by atoms with Crippen LogP contribution in [-0.4, -0.2) is 33.2 Å². The Bertz CT molecular complexity index is 797. The maximum absolute atomic E-state index is 12.4. The van der Waals surface area contributed by atoms with Crippen molar-refractivity contribution in [2.24, 2.45) is 0 Å². The summed E-state index contributed by atoms with van der Waals surface area (Å²) < 4.78 is 34.3. The van der Waals surface area contributed by atoms with Crippen LogP contribution in [0.3, 0.4) is 0 Å². The number of carbonyl (C=O) groups is 1. The van der Waals surface area contributed by atoms with Crippen molar-refractivity contribution in [3.05, 3.63) is 53.1 Å². The van der Waals surface area contributed by atoms with Crippen molar-refractivity contribution in [2.45, 2.75) is 27.0 Å². The Kier molecular flexibility index (Phi) is 7.12. The maximum Gasteiger partial charge on any atom is 0.387 e. The van der Waals surface area contributed by atoms with Crippen molar-refractivity contribution in [3.8, 4) is 11.5 Å². The summed E-state index contributed by atoms with van der Waals surface area (Å²) in [5.41, 5.74) is 3.82.